The third-order valence-electron chi connectivity index (χ3n) is 3.71. The van der Waals surface area contributed by atoms with Gasteiger partial charge in [0.15, 0.2) is 12.4 Å². The van der Waals surface area contributed by atoms with Crippen LogP contribution in [0, 0.1) is 10.1 Å². The number of carbonyl (C=O) groups excluding carboxylic acids is 1. The van der Waals surface area contributed by atoms with E-state index in [9.17, 15) is 20.0 Å². The lowest BCUT2D eigenvalue weighted by molar-refractivity contribution is -0.385. The van der Waals surface area contributed by atoms with Crippen LogP contribution in [0.5, 0.6) is 11.5 Å². The van der Waals surface area contributed by atoms with Crippen LogP contribution in [0.3, 0.4) is 0 Å². The lowest BCUT2D eigenvalue weighted by Crippen LogP contribution is -2.24. The number of carbonyl (C=O) groups is 1. The van der Waals surface area contributed by atoms with Crippen molar-refractivity contribution in [3.05, 3.63) is 76.3 Å². The number of aromatic hydroxyl groups is 1. The zero-order valence-corrected chi connectivity index (χ0v) is 14.0. The minimum absolute atomic E-state index is 0.235. The Morgan fingerprint density at radius 1 is 1.19 bits per heavy atom. The Morgan fingerprint density at radius 2 is 1.96 bits per heavy atom. The summed E-state index contributed by atoms with van der Waals surface area (Å²) in [6, 6.07) is 17.0. The van der Waals surface area contributed by atoms with Crippen molar-refractivity contribution in [1.82, 2.24) is 5.43 Å². The van der Waals surface area contributed by atoms with Crippen LogP contribution in [-0.2, 0) is 4.79 Å². The molecule has 0 fully saturated rings. The third kappa shape index (κ3) is 4.37. The number of nitro benzene ring substituents is 1. The number of hydrogen-bond acceptors (Lipinski definition) is 6. The number of amides is 1. The van der Waals surface area contributed by atoms with Crippen LogP contribution in [0.1, 0.15) is 5.56 Å². The molecular formula is C19H15N3O5. The summed E-state index contributed by atoms with van der Waals surface area (Å²) in [5.41, 5.74) is 2.20. The van der Waals surface area contributed by atoms with Gasteiger partial charge in [-0.25, -0.2) is 5.43 Å². The van der Waals surface area contributed by atoms with E-state index in [0.29, 0.717) is 11.3 Å². The molecule has 1 amide bonds. The lowest BCUT2D eigenvalue weighted by atomic mass is 10.1. The van der Waals surface area contributed by atoms with E-state index in [2.05, 4.69) is 10.5 Å². The van der Waals surface area contributed by atoms with Gasteiger partial charge in [-0.05, 0) is 23.6 Å². The minimum Gasteiger partial charge on any atom is -0.502 e. The van der Waals surface area contributed by atoms with Gasteiger partial charge >= 0.3 is 5.69 Å². The molecule has 0 aliphatic heterocycles. The highest BCUT2D eigenvalue weighted by molar-refractivity contribution is 5.89. The number of rotatable bonds is 6. The lowest BCUT2D eigenvalue weighted by Gasteiger charge is -2.08. The van der Waals surface area contributed by atoms with E-state index < -0.39 is 22.3 Å². The van der Waals surface area contributed by atoms with Crippen molar-refractivity contribution >= 4 is 28.6 Å². The molecule has 27 heavy (non-hydrogen) atoms. The van der Waals surface area contributed by atoms with Crippen molar-refractivity contribution in [3.8, 4) is 11.5 Å². The quantitative estimate of drug-likeness (QED) is 0.396. The number of fused-ring (bicyclic) bond motifs is 1. The first-order chi connectivity index (χ1) is 13.0. The normalized spacial score (nSPS) is 10.8. The zero-order valence-electron chi connectivity index (χ0n) is 14.0. The van der Waals surface area contributed by atoms with Crippen molar-refractivity contribution in [2.45, 2.75) is 0 Å². The molecule has 0 unspecified atom stereocenters. The summed E-state index contributed by atoms with van der Waals surface area (Å²) in [5, 5.41) is 25.8. The fourth-order valence-corrected chi connectivity index (χ4v) is 2.44. The number of nitro groups is 1. The van der Waals surface area contributed by atoms with Crippen LogP contribution >= 0.6 is 0 Å². The zero-order chi connectivity index (χ0) is 19.2. The van der Waals surface area contributed by atoms with E-state index in [4.69, 9.17) is 4.74 Å². The molecule has 3 aromatic carbocycles. The predicted octanol–water partition coefficient (Wildman–Crippen LogP) is 2.98. The Kier molecular flexibility index (Phi) is 5.27. The van der Waals surface area contributed by atoms with Gasteiger partial charge in [-0.1, -0.05) is 36.4 Å². The number of hydrogen-bond donors (Lipinski definition) is 2. The van der Waals surface area contributed by atoms with E-state index in [1.807, 2.05) is 36.4 Å². The van der Waals surface area contributed by atoms with Crippen LogP contribution in [0.15, 0.2) is 65.8 Å². The molecule has 0 bridgehead atoms. The van der Waals surface area contributed by atoms with Gasteiger partial charge in [-0.2, -0.15) is 5.10 Å². The van der Waals surface area contributed by atoms with E-state index >= 15 is 0 Å². The van der Waals surface area contributed by atoms with E-state index in [0.717, 1.165) is 16.8 Å². The van der Waals surface area contributed by atoms with Crippen molar-refractivity contribution in [2.24, 2.45) is 5.10 Å². The largest absolute Gasteiger partial charge is 0.502 e. The summed E-state index contributed by atoms with van der Waals surface area (Å²) in [6.07, 6.45) is 1.24. The molecule has 8 heteroatoms. The van der Waals surface area contributed by atoms with Crippen LogP contribution < -0.4 is 10.2 Å². The summed E-state index contributed by atoms with van der Waals surface area (Å²) >= 11 is 0. The van der Waals surface area contributed by atoms with Gasteiger partial charge in [0, 0.05) is 17.0 Å². The predicted molar refractivity (Wildman–Crippen MR) is 99.9 cm³/mol. The van der Waals surface area contributed by atoms with Crippen LogP contribution in [-0.4, -0.2) is 28.8 Å². The SMILES string of the molecule is O=C(COc1cccc2ccccc12)N/N=C/c1ccc(O)c([N+](=O)[O-])c1. The molecule has 0 spiro atoms. The van der Waals surface area contributed by atoms with Crippen LogP contribution in [0.2, 0.25) is 0 Å². The smallest absolute Gasteiger partial charge is 0.311 e. The molecule has 0 aliphatic carbocycles. The Hall–Kier alpha value is -3.94. The molecule has 0 atom stereocenters. The Morgan fingerprint density at radius 3 is 2.78 bits per heavy atom. The number of ether oxygens (including phenoxy) is 1. The highest BCUT2D eigenvalue weighted by Gasteiger charge is 2.12. The maximum absolute atomic E-state index is 11.9. The number of phenolic OH excluding ortho intramolecular Hbond substituents is 1. The van der Waals surface area contributed by atoms with Gasteiger partial charge in [0.1, 0.15) is 5.75 Å². The molecule has 0 radical (unpaired) electrons. The van der Waals surface area contributed by atoms with Gasteiger partial charge in [-0.3, -0.25) is 14.9 Å². The van der Waals surface area contributed by atoms with Gasteiger partial charge in [-0.15, -0.1) is 0 Å². The summed E-state index contributed by atoms with van der Waals surface area (Å²) in [4.78, 5) is 22.0. The number of benzene rings is 3. The molecule has 0 heterocycles. The highest BCUT2D eigenvalue weighted by Crippen LogP contribution is 2.26. The molecule has 2 N–H and O–H groups in total. The average molecular weight is 365 g/mol. The molecule has 3 aromatic rings. The van der Waals surface area contributed by atoms with Crippen molar-refractivity contribution < 1.29 is 19.6 Å². The van der Waals surface area contributed by atoms with Crippen molar-refractivity contribution in [3.63, 3.8) is 0 Å². The summed E-state index contributed by atoms with van der Waals surface area (Å²) in [5.74, 6) is -0.335. The maximum Gasteiger partial charge on any atom is 0.311 e. The van der Waals surface area contributed by atoms with Gasteiger partial charge in [0.2, 0.25) is 0 Å². The monoisotopic (exact) mass is 365 g/mol. The van der Waals surface area contributed by atoms with Crippen LogP contribution in [0.25, 0.3) is 10.8 Å². The molecular weight excluding hydrogens is 350 g/mol. The molecule has 3 rings (SSSR count). The number of hydrazone groups is 1. The van der Waals surface area contributed by atoms with Crippen molar-refractivity contribution in [1.29, 1.82) is 0 Å². The molecule has 0 aliphatic rings. The summed E-state index contributed by atoms with van der Waals surface area (Å²) in [7, 11) is 0. The van der Waals surface area contributed by atoms with E-state index in [1.54, 1.807) is 6.07 Å². The van der Waals surface area contributed by atoms with Gasteiger partial charge in [0.25, 0.3) is 5.91 Å². The topological polar surface area (TPSA) is 114 Å². The van der Waals surface area contributed by atoms with Crippen molar-refractivity contribution in [2.75, 3.05) is 6.61 Å². The second-order valence-electron chi connectivity index (χ2n) is 5.56. The first kappa shape index (κ1) is 17.9. The standard InChI is InChI=1S/C19H15N3O5/c23-17-9-8-13(10-16(17)22(25)26)11-20-21-19(24)12-27-18-7-3-5-14-4-1-2-6-15(14)18/h1-11,23H,12H2,(H,21,24)/b20-11+. The number of phenols is 1. The van der Waals surface area contributed by atoms with E-state index in [1.165, 1.54) is 18.3 Å². The van der Waals surface area contributed by atoms with Gasteiger partial charge < -0.3 is 9.84 Å². The average Bonchev–Trinajstić information content (AvgIpc) is 2.67. The molecule has 8 nitrogen and oxygen atoms in total. The maximum atomic E-state index is 11.9. The van der Waals surface area contributed by atoms with Crippen LogP contribution in [0.4, 0.5) is 5.69 Å². The number of nitrogens with one attached hydrogen (secondary N) is 1. The van der Waals surface area contributed by atoms with Gasteiger partial charge in [0.05, 0.1) is 11.1 Å². The van der Waals surface area contributed by atoms with E-state index in [-0.39, 0.29) is 6.61 Å². The molecule has 0 aromatic heterocycles. The fraction of sp³-hybridized carbons (Fsp3) is 0.0526. The Balaban J connectivity index is 1.59. The Labute approximate surface area is 153 Å². The highest BCUT2D eigenvalue weighted by atomic mass is 16.6. The summed E-state index contributed by atoms with van der Waals surface area (Å²) in [6.45, 7) is -0.235. The fourth-order valence-electron chi connectivity index (χ4n) is 2.44. The first-order valence-electron chi connectivity index (χ1n) is 7.94. The third-order valence-corrected chi connectivity index (χ3v) is 3.71. The Bertz CT molecular complexity index is 1030. The molecule has 0 saturated carbocycles. The molecule has 0 saturated heterocycles. The molecule has 136 valence electrons. The summed E-state index contributed by atoms with van der Waals surface area (Å²) < 4.78 is 5.54. The first-order valence-corrected chi connectivity index (χ1v) is 7.94. The second-order valence-corrected chi connectivity index (χ2v) is 5.56. The minimum atomic E-state index is -0.705. The number of nitrogens with zero attached hydrogens (tertiary/aromatic N) is 2. The second kappa shape index (κ2) is 7.96.